The van der Waals surface area contributed by atoms with Gasteiger partial charge in [0.1, 0.15) is 0 Å². The van der Waals surface area contributed by atoms with Crippen LogP contribution in [0.2, 0.25) is 10.0 Å². The van der Waals surface area contributed by atoms with Crippen LogP contribution in [-0.4, -0.2) is 30.9 Å². The highest BCUT2D eigenvalue weighted by molar-refractivity contribution is 6.42. The fourth-order valence-corrected chi connectivity index (χ4v) is 4.69. The van der Waals surface area contributed by atoms with Crippen molar-refractivity contribution < 1.29 is 14.5 Å². The Balaban J connectivity index is 1.40. The number of piperidine rings is 1. The maximum atomic E-state index is 13.0. The van der Waals surface area contributed by atoms with E-state index < -0.39 is 0 Å². The first-order chi connectivity index (χ1) is 13.5. The number of anilines is 1. The molecular weight excluding hydrogens is 395 g/mol. The summed E-state index contributed by atoms with van der Waals surface area (Å²) in [6.45, 7) is 1.85. The molecule has 2 aromatic carbocycles. The molecule has 0 saturated carbocycles. The van der Waals surface area contributed by atoms with Gasteiger partial charge in [-0.15, -0.1) is 0 Å². The largest absolute Gasteiger partial charge is 0.324 e. The van der Waals surface area contributed by atoms with Crippen molar-refractivity contribution in [3.8, 4) is 0 Å². The second-order valence-electron chi connectivity index (χ2n) is 7.71. The zero-order chi connectivity index (χ0) is 19.7. The lowest BCUT2D eigenvalue weighted by molar-refractivity contribution is -0.920. The van der Waals surface area contributed by atoms with Gasteiger partial charge in [-0.25, -0.2) is 4.90 Å². The maximum absolute atomic E-state index is 13.0. The summed E-state index contributed by atoms with van der Waals surface area (Å²) in [5.41, 5.74) is 1.87. The predicted octanol–water partition coefficient (Wildman–Crippen LogP) is 3.16. The Morgan fingerprint density at radius 2 is 1.68 bits per heavy atom. The molecule has 0 unspecified atom stereocenters. The lowest BCUT2D eigenvalue weighted by atomic mass is 9.89. The fraction of sp³-hybridized carbons (Fsp3) is 0.364. The maximum Gasteiger partial charge on any atom is 0.292 e. The van der Waals surface area contributed by atoms with Crippen LogP contribution in [0.5, 0.6) is 0 Å². The molecule has 1 atom stereocenters. The summed E-state index contributed by atoms with van der Waals surface area (Å²) in [6.07, 6.45) is 3.50. The van der Waals surface area contributed by atoms with E-state index in [9.17, 15) is 9.59 Å². The van der Waals surface area contributed by atoms with Crippen molar-refractivity contribution in [2.75, 3.05) is 18.0 Å². The summed E-state index contributed by atoms with van der Waals surface area (Å²) >= 11 is 12.0. The minimum Gasteiger partial charge on any atom is -0.324 e. The molecule has 0 bridgehead atoms. The highest BCUT2D eigenvalue weighted by Crippen LogP contribution is 2.30. The van der Waals surface area contributed by atoms with Crippen molar-refractivity contribution in [1.29, 1.82) is 0 Å². The lowest BCUT2D eigenvalue weighted by Gasteiger charge is -2.32. The van der Waals surface area contributed by atoms with Crippen molar-refractivity contribution in [3.05, 3.63) is 64.1 Å². The molecule has 2 fully saturated rings. The van der Waals surface area contributed by atoms with E-state index in [4.69, 9.17) is 23.2 Å². The summed E-state index contributed by atoms with van der Waals surface area (Å²) in [6, 6.07) is 15.1. The molecule has 4 rings (SSSR count). The Morgan fingerprint density at radius 1 is 0.964 bits per heavy atom. The van der Waals surface area contributed by atoms with E-state index in [-0.39, 0.29) is 24.3 Å². The molecular formula is C22H23Cl2N2O2+. The van der Waals surface area contributed by atoms with Gasteiger partial charge in [0.05, 0.1) is 35.2 Å². The van der Waals surface area contributed by atoms with E-state index in [1.54, 1.807) is 18.2 Å². The standard InChI is InChI=1S/C22H22Cl2N2O2/c23-18-7-6-17(13-19(18)24)26-21(27)14-20(22(26)28)25-10-8-16(9-11-25)12-15-4-2-1-3-5-15/h1-7,13,16,20H,8-12,14H2/p+1/t20-/m1/s1. The Bertz CT molecular complexity index is 879. The third kappa shape index (κ3) is 3.95. The number of quaternary nitrogens is 1. The van der Waals surface area contributed by atoms with E-state index in [1.807, 2.05) is 6.07 Å². The quantitative estimate of drug-likeness (QED) is 0.776. The lowest BCUT2D eigenvalue weighted by Crippen LogP contribution is -3.17. The smallest absolute Gasteiger partial charge is 0.292 e. The Kier molecular flexibility index (Phi) is 5.72. The van der Waals surface area contributed by atoms with Gasteiger partial charge in [0, 0.05) is 0 Å². The fourth-order valence-electron chi connectivity index (χ4n) is 4.39. The Labute approximate surface area is 175 Å². The van der Waals surface area contributed by atoms with Crippen LogP contribution in [0, 0.1) is 5.92 Å². The van der Waals surface area contributed by atoms with Crippen molar-refractivity contribution in [2.45, 2.75) is 31.7 Å². The average molecular weight is 418 g/mol. The number of amides is 2. The molecule has 146 valence electrons. The van der Waals surface area contributed by atoms with Gasteiger partial charge < -0.3 is 4.90 Å². The molecule has 0 aromatic heterocycles. The second kappa shape index (κ2) is 8.24. The van der Waals surface area contributed by atoms with Gasteiger partial charge in [0.2, 0.25) is 5.91 Å². The van der Waals surface area contributed by atoms with Crippen molar-refractivity contribution in [1.82, 2.24) is 0 Å². The highest BCUT2D eigenvalue weighted by atomic mass is 35.5. The predicted molar refractivity (Wildman–Crippen MR) is 111 cm³/mol. The molecule has 1 N–H and O–H groups in total. The molecule has 2 aliphatic heterocycles. The van der Waals surface area contributed by atoms with Gasteiger partial charge >= 0.3 is 0 Å². The molecule has 2 amide bonds. The van der Waals surface area contributed by atoms with Crippen LogP contribution in [0.3, 0.4) is 0 Å². The van der Waals surface area contributed by atoms with Crippen molar-refractivity contribution in [2.24, 2.45) is 5.92 Å². The normalized spacial score (nSPS) is 25.4. The number of imide groups is 1. The molecule has 28 heavy (non-hydrogen) atoms. The summed E-state index contributed by atoms with van der Waals surface area (Å²) in [5.74, 6) is 0.358. The first kappa shape index (κ1) is 19.4. The van der Waals surface area contributed by atoms with Crippen LogP contribution in [0.1, 0.15) is 24.8 Å². The third-order valence-corrected chi connectivity index (χ3v) is 6.65. The monoisotopic (exact) mass is 417 g/mol. The number of rotatable bonds is 4. The van der Waals surface area contributed by atoms with Gasteiger partial charge in [-0.3, -0.25) is 9.59 Å². The van der Waals surface area contributed by atoms with E-state index in [0.717, 1.165) is 32.4 Å². The zero-order valence-electron chi connectivity index (χ0n) is 15.5. The van der Waals surface area contributed by atoms with E-state index in [0.29, 0.717) is 21.7 Å². The van der Waals surface area contributed by atoms with Crippen LogP contribution in [0.15, 0.2) is 48.5 Å². The molecule has 0 aliphatic carbocycles. The molecule has 2 saturated heterocycles. The molecule has 2 aromatic rings. The van der Waals surface area contributed by atoms with E-state index in [1.165, 1.54) is 15.4 Å². The average Bonchev–Trinajstić information content (AvgIpc) is 3.00. The van der Waals surface area contributed by atoms with Crippen LogP contribution < -0.4 is 9.80 Å². The highest BCUT2D eigenvalue weighted by Gasteiger charge is 2.46. The minimum atomic E-state index is -0.292. The number of halogens is 2. The molecule has 4 nitrogen and oxygen atoms in total. The summed E-state index contributed by atoms with van der Waals surface area (Å²) in [4.78, 5) is 28.0. The van der Waals surface area contributed by atoms with E-state index in [2.05, 4.69) is 24.3 Å². The number of hydrogen-bond acceptors (Lipinski definition) is 2. The molecule has 2 aliphatic rings. The number of nitrogens with one attached hydrogen (secondary N) is 1. The third-order valence-electron chi connectivity index (χ3n) is 5.92. The van der Waals surface area contributed by atoms with E-state index >= 15 is 0 Å². The topological polar surface area (TPSA) is 41.8 Å². The number of nitrogens with zero attached hydrogens (tertiary/aromatic N) is 1. The van der Waals surface area contributed by atoms with Crippen molar-refractivity contribution >= 4 is 40.7 Å². The Morgan fingerprint density at radius 3 is 2.36 bits per heavy atom. The molecule has 0 spiro atoms. The van der Waals surface area contributed by atoms with Gasteiger partial charge in [0.15, 0.2) is 6.04 Å². The summed E-state index contributed by atoms with van der Waals surface area (Å²) in [7, 11) is 0. The van der Waals surface area contributed by atoms with Crippen LogP contribution >= 0.6 is 23.2 Å². The number of carbonyl (C=O) groups is 2. The molecule has 6 heteroatoms. The van der Waals surface area contributed by atoms with Crippen LogP contribution in [0.25, 0.3) is 0 Å². The van der Waals surface area contributed by atoms with Gasteiger partial charge in [-0.1, -0.05) is 53.5 Å². The minimum absolute atomic E-state index is 0.125. The SMILES string of the molecule is O=C1C[C@@H]([NH+]2CCC(Cc3ccccc3)CC2)C(=O)N1c1ccc(Cl)c(Cl)c1. The number of carbonyl (C=O) groups excluding carboxylic acids is 2. The zero-order valence-corrected chi connectivity index (χ0v) is 17.0. The van der Waals surface area contributed by atoms with Crippen LogP contribution in [0.4, 0.5) is 5.69 Å². The number of likely N-dealkylation sites (tertiary alicyclic amines) is 1. The number of benzene rings is 2. The Hall–Kier alpha value is -1.88. The molecule has 2 heterocycles. The molecule has 0 radical (unpaired) electrons. The number of hydrogen-bond donors (Lipinski definition) is 1. The summed E-state index contributed by atoms with van der Waals surface area (Å²) in [5, 5.41) is 0.754. The van der Waals surface area contributed by atoms with Gasteiger partial charge in [0.25, 0.3) is 5.91 Å². The van der Waals surface area contributed by atoms with Crippen LogP contribution in [-0.2, 0) is 16.0 Å². The summed E-state index contributed by atoms with van der Waals surface area (Å²) < 4.78 is 0. The first-order valence-corrected chi connectivity index (χ1v) is 10.5. The van der Waals surface area contributed by atoms with Crippen molar-refractivity contribution in [3.63, 3.8) is 0 Å². The first-order valence-electron chi connectivity index (χ1n) is 9.73. The van der Waals surface area contributed by atoms with Gasteiger partial charge in [-0.05, 0) is 48.9 Å². The second-order valence-corrected chi connectivity index (χ2v) is 8.53. The van der Waals surface area contributed by atoms with Gasteiger partial charge in [-0.2, -0.15) is 0 Å².